The van der Waals surface area contributed by atoms with Crippen LogP contribution in [0.5, 0.6) is 23.0 Å². The number of ether oxygens (including phenoxy) is 4. The number of H-pyrrole nitrogens is 1. The normalized spacial score (nSPS) is 19.4. The Hall–Kier alpha value is -16.7. The molecule has 8 aliphatic rings. The molecule has 4 atom stereocenters. The molecular weight excluding hydrogens is 1760 g/mol. The molecular formula is C97H79ClF4N16O16. The molecule has 0 spiro atoms. The fourth-order valence-corrected chi connectivity index (χ4v) is 17.7. The molecule has 16 amide bonds. The Balaban J connectivity index is 0.000000124. The number of aromatic nitrogens is 4. The highest BCUT2D eigenvalue weighted by Crippen LogP contribution is 2.43. The molecule has 134 heavy (non-hydrogen) atoms. The summed E-state index contributed by atoms with van der Waals surface area (Å²) in [6, 6.07) is 59.2. The van der Waals surface area contributed by atoms with Crippen LogP contribution in [-0.2, 0) is 73.7 Å². The van der Waals surface area contributed by atoms with Gasteiger partial charge >= 0.3 is 30.3 Å². The number of alkyl halides is 3. The second-order valence-corrected chi connectivity index (χ2v) is 32.9. The number of nitrogens with one attached hydrogen (secondary N) is 9. The highest BCUT2D eigenvalue weighted by atomic mass is 35.5. The third kappa shape index (κ3) is 16.9. The summed E-state index contributed by atoms with van der Waals surface area (Å²) in [5, 5.41) is 26.4. The van der Waals surface area contributed by atoms with Gasteiger partial charge in [0.1, 0.15) is 28.8 Å². The van der Waals surface area contributed by atoms with Crippen LogP contribution in [0.25, 0.3) is 44.6 Å². The molecule has 9 N–H and O–H groups in total. The Kier molecular flexibility index (Phi) is 23.8. The molecule has 12 aromatic rings. The number of aromatic amines is 1. The lowest BCUT2D eigenvalue weighted by molar-refractivity contribution is -0.140. The van der Waals surface area contributed by atoms with Crippen LogP contribution in [0.1, 0.15) is 97.3 Å². The van der Waals surface area contributed by atoms with Gasteiger partial charge in [0.15, 0.2) is 27.8 Å². The first-order valence-corrected chi connectivity index (χ1v) is 41.9. The average Bonchev–Trinajstić information content (AvgIpc) is 1.60. The minimum atomic E-state index is -4.66. The number of benzene rings is 10. The van der Waals surface area contributed by atoms with E-state index < -0.39 is 81.8 Å². The molecule has 2 aromatic heterocycles. The van der Waals surface area contributed by atoms with E-state index in [0.717, 1.165) is 44.5 Å². The maximum atomic E-state index is 13.6. The van der Waals surface area contributed by atoms with Crippen molar-refractivity contribution in [3.63, 3.8) is 0 Å². The van der Waals surface area contributed by atoms with Crippen LogP contribution in [0.4, 0.5) is 36.7 Å². The largest absolute Gasteiger partial charge is 0.497 e. The molecule has 0 radical (unpaired) electrons. The predicted molar refractivity (Wildman–Crippen MR) is 474 cm³/mol. The van der Waals surface area contributed by atoms with Gasteiger partial charge in [0, 0.05) is 82.7 Å². The summed E-state index contributed by atoms with van der Waals surface area (Å²) in [4.78, 5) is 167. The summed E-state index contributed by atoms with van der Waals surface area (Å²) in [6.07, 6.45) is 0.170. The first kappa shape index (κ1) is 89.3. The average molecular weight is 1840 g/mol. The summed E-state index contributed by atoms with van der Waals surface area (Å²) < 4.78 is 74.8. The maximum Gasteiger partial charge on any atom is 0.435 e. The van der Waals surface area contributed by atoms with E-state index in [-0.39, 0.29) is 79.0 Å². The molecule has 0 aliphatic carbocycles. The van der Waals surface area contributed by atoms with Crippen LogP contribution in [0.15, 0.2) is 237 Å². The summed E-state index contributed by atoms with van der Waals surface area (Å²) in [6.45, 7) is 2.42. The van der Waals surface area contributed by atoms with E-state index in [0.29, 0.717) is 103 Å². The Bertz CT molecular complexity index is 6820. The van der Waals surface area contributed by atoms with E-state index in [1.54, 1.807) is 158 Å². The number of urea groups is 4. The summed E-state index contributed by atoms with van der Waals surface area (Å²) in [5.74, 6) is -1.23. The van der Waals surface area contributed by atoms with Crippen molar-refractivity contribution in [1.82, 2.24) is 82.3 Å². The number of carbonyl (C=O) groups excluding carboxylic acids is 12. The fourth-order valence-electron chi connectivity index (χ4n) is 17.6. The van der Waals surface area contributed by atoms with Crippen LogP contribution in [0.3, 0.4) is 0 Å². The molecule has 678 valence electrons. The molecule has 10 heterocycles. The van der Waals surface area contributed by atoms with Crippen LogP contribution in [0.2, 0.25) is 5.02 Å². The molecule has 20 rings (SSSR count). The maximum absolute atomic E-state index is 13.6. The van der Waals surface area contributed by atoms with Crippen molar-refractivity contribution in [2.45, 2.75) is 61.4 Å². The van der Waals surface area contributed by atoms with Crippen LogP contribution in [-0.4, -0.2) is 166 Å². The second-order valence-electron chi connectivity index (χ2n) is 32.5. The van der Waals surface area contributed by atoms with Gasteiger partial charge < -0.3 is 59.8 Å². The molecule has 10 aromatic carbocycles. The highest BCUT2D eigenvalue weighted by molar-refractivity contribution is 6.30. The Labute approximate surface area is 765 Å². The lowest BCUT2D eigenvalue weighted by Gasteiger charge is -2.31. The van der Waals surface area contributed by atoms with Crippen molar-refractivity contribution in [3.05, 3.63) is 326 Å². The van der Waals surface area contributed by atoms with Crippen molar-refractivity contribution in [2.24, 2.45) is 0 Å². The van der Waals surface area contributed by atoms with Crippen molar-refractivity contribution in [2.75, 3.05) is 54.6 Å². The molecule has 0 bridgehead atoms. The van der Waals surface area contributed by atoms with Gasteiger partial charge in [0.25, 0.3) is 47.3 Å². The minimum absolute atomic E-state index is 0.000688. The third-order valence-corrected chi connectivity index (χ3v) is 24.7. The lowest BCUT2D eigenvalue weighted by atomic mass is 9.87. The zero-order chi connectivity index (χ0) is 94.5. The number of halogens is 5. The number of fused-ring (bicyclic) bond motifs is 4. The van der Waals surface area contributed by atoms with E-state index in [1.165, 1.54) is 67.3 Å². The highest BCUT2D eigenvalue weighted by Gasteiger charge is 2.55. The van der Waals surface area contributed by atoms with Crippen LogP contribution >= 0.6 is 11.6 Å². The molecule has 8 aliphatic heterocycles. The summed E-state index contributed by atoms with van der Waals surface area (Å²) in [5.41, 5.74) is 5.53. The van der Waals surface area contributed by atoms with Crippen molar-refractivity contribution in [1.29, 1.82) is 0 Å². The molecule has 4 saturated heterocycles. The number of methoxy groups -OCH3 is 4. The number of rotatable bonds is 20. The number of aryl methyl sites for hydroxylation is 1. The first-order chi connectivity index (χ1) is 64.3. The van der Waals surface area contributed by atoms with Gasteiger partial charge in [-0.3, -0.25) is 74.7 Å². The fraction of sp³-hybridized carbons (Fsp3) is 0.186. The van der Waals surface area contributed by atoms with Gasteiger partial charge in [-0.25, -0.2) is 23.6 Å². The Morgan fingerprint density at radius 1 is 0.381 bits per heavy atom. The number of hydrogen-bond acceptors (Lipinski definition) is 19. The predicted octanol–water partition coefficient (Wildman–Crippen LogP) is 11.8. The van der Waals surface area contributed by atoms with Crippen LogP contribution in [0, 0.1) is 12.7 Å². The number of amides is 16. The number of imide groups is 4. The van der Waals surface area contributed by atoms with Gasteiger partial charge in [-0.15, -0.1) is 0 Å². The Morgan fingerprint density at radius 3 is 1.07 bits per heavy atom. The van der Waals surface area contributed by atoms with E-state index in [2.05, 4.69) is 62.7 Å². The minimum Gasteiger partial charge on any atom is -0.497 e. The number of hydrogen-bond donors (Lipinski definition) is 9. The number of carbonyl (C=O) groups is 12. The van der Waals surface area contributed by atoms with Gasteiger partial charge in [-0.1, -0.05) is 151 Å². The summed E-state index contributed by atoms with van der Waals surface area (Å²) in [7, 11) is 6.12. The van der Waals surface area contributed by atoms with Crippen molar-refractivity contribution >= 4 is 83.0 Å². The first-order valence-electron chi connectivity index (χ1n) is 41.5. The van der Waals surface area contributed by atoms with Gasteiger partial charge in [0.2, 0.25) is 0 Å². The van der Waals surface area contributed by atoms with Gasteiger partial charge in [0.05, 0.1) is 66.5 Å². The smallest absolute Gasteiger partial charge is 0.435 e. The zero-order valence-electron chi connectivity index (χ0n) is 71.7. The van der Waals surface area contributed by atoms with Crippen LogP contribution < -0.4 is 61.5 Å². The molecule has 32 nitrogen and oxygen atoms in total. The number of nitrogens with zero attached hydrogens (tertiary/aromatic N) is 7. The van der Waals surface area contributed by atoms with Crippen molar-refractivity contribution in [3.8, 4) is 67.6 Å². The monoisotopic (exact) mass is 1830 g/mol. The quantitative estimate of drug-likeness (QED) is 0.0253. The molecule has 37 heteroatoms. The standard InChI is InChI=1S/C25H20ClN3O4.C25H20FN3O4.C24H20F3N5O4.C23H19N5O4/c1-33-20-11-6-17-13-29(22(30)21(17)12-20)14-25(23(31)27-24(32)28-25)18-7-2-15(3-8-18)16-4-9-19(26)10-5-16;1-33-20-10-7-17-13-29(22(30)21(17)12-20)14-25(23(31)27-24(32)28-25)18-8-5-15(6-9-18)16-3-2-4-19(26)11-16;1-12-18(19(31-30-12)24(25,26)27)13-3-6-15(7-4-13)23(21(34)28-22(35)29-23)11-32-10-14-5-8-16(36-2)9-17(14)20(32)33;1-32-17-6-7-18-15(10-17)12-28(20(18)29)13-23(21(30)26-22(31)27-23)16-4-2-14(3-5-16)19-11-24-8-9-25-19/h2*2-12H,13-14H2,1H3,(H2,27,28,31,32);3-9H,10-11H2,1-2H3,(H,30,31)(H2,28,29,34,35);2-11H,12-13H2,1H3,(H2,26,27,30,31)/t2*25-;2*23-/m0000/s1. The molecule has 0 saturated carbocycles. The SMILES string of the molecule is COc1ccc2c(c1)C(=O)N(C[C@@]1(c3ccc(-c4c(C(F)(F)F)n[nH]c4C)cc3)NC(=O)NC1=O)C2.COc1ccc2c(c1)C(=O)N(C[C@@]1(c3ccc(-c4ccc(Cl)cc4)cc3)NC(=O)NC1=O)C2.COc1ccc2c(c1)C(=O)N(C[C@@]1(c3ccc(-c4cccc(F)c4)cc3)NC(=O)NC1=O)C2.COc1ccc2c(c1)CN(C[C@@]1(c3ccc(-c4cnccn4)cc3)NC(=O)NC1=O)C2=O. The van der Waals surface area contributed by atoms with E-state index in [4.69, 9.17) is 30.5 Å². The zero-order valence-corrected chi connectivity index (χ0v) is 72.5. The molecule has 4 fully saturated rings. The lowest BCUT2D eigenvalue weighted by Crippen LogP contribution is -2.52. The van der Waals surface area contributed by atoms with Gasteiger partial charge in [-0.05, 0) is 158 Å². The summed E-state index contributed by atoms with van der Waals surface area (Å²) >= 11 is 5.98. The molecule has 0 unspecified atom stereocenters. The topological polar surface area (TPSA) is 405 Å². The van der Waals surface area contributed by atoms with E-state index >= 15 is 0 Å². The van der Waals surface area contributed by atoms with E-state index in [1.807, 2.05) is 66.7 Å². The third-order valence-electron chi connectivity index (χ3n) is 24.5. The van der Waals surface area contributed by atoms with E-state index in [9.17, 15) is 75.1 Å². The van der Waals surface area contributed by atoms with Crippen molar-refractivity contribution < 1.29 is 94.0 Å². The van der Waals surface area contributed by atoms with Gasteiger partial charge in [-0.2, -0.15) is 18.3 Å². The second kappa shape index (κ2) is 35.7. The Morgan fingerprint density at radius 2 is 0.724 bits per heavy atom.